The van der Waals surface area contributed by atoms with Crippen LogP contribution in [0.15, 0.2) is 12.2 Å². The second kappa shape index (κ2) is 12.2. The average molecular weight is 310 g/mol. The van der Waals surface area contributed by atoms with Gasteiger partial charge in [-0.15, -0.1) is 0 Å². The Morgan fingerprint density at radius 3 is 2.45 bits per heavy atom. The Bertz CT molecular complexity index is 349. The third-order valence-corrected chi connectivity index (χ3v) is 3.86. The van der Waals surface area contributed by atoms with Gasteiger partial charge in [-0.1, -0.05) is 44.8 Å². The Balaban J connectivity index is 1.97. The summed E-state index contributed by atoms with van der Waals surface area (Å²) in [4.78, 5) is 23.1. The minimum Gasteiger partial charge on any atom is -0.466 e. The highest BCUT2D eigenvalue weighted by Crippen LogP contribution is 2.17. The van der Waals surface area contributed by atoms with Crippen LogP contribution >= 0.6 is 0 Å². The van der Waals surface area contributed by atoms with Crippen LogP contribution < -0.4 is 0 Å². The summed E-state index contributed by atoms with van der Waals surface area (Å²) < 4.78 is 10.3. The number of unbranched alkanes of at least 4 members (excludes halogenated alkanes) is 4. The molecule has 0 bridgehead atoms. The first-order valence-electron chi connectivity index (χ1n) is 8.70. The van der Waals surface area contributed by atoms with Gasteiger partial charge in [0, 0.05) is 5.92 Å². The lowest BCUT2D eigenvalue weighted by Crippen LogP contribution is -2.15. The largest absolute Gasteiger partial charge is 0.466 e. The number of rotatable bonds is 11. The van der Waals surface area contributed by atoms with E-state index in [1.54, 1.807) is 0 Å². The summed E-state index contributed by atoms with van der Waals surface area (Å²) >= 11 is 0. The standard InChI is InChI=1S/C18H30O4/c1-2-3-4-5-9-14-21-17(19)12-13-18(20)22-15-16-10-7-6-8-11-16/h7,10,16H,2-6,8-9,11-15H2,1H3. The molecular formula is C18H30O4. The molecule has 0 radical (unpaired) electrons. The molecule has 1 aliphatic carbocycles. The summed E-state index contributed by atoms with van der Waals surface area (Å²) in [6.45, 7) is 3.07. The summed E-state index contributed by atoms with van der Waals surface area (Å²) in [6.07, 6.45) is 13.5. The van der Waals surface area contributed by atoms with Crippen LogP contribution in [-0.2, 0) is 19.1 Å². The molecule has 0 aromatic heterocycles. The molecule has 0 fully saturated rings. The maximum Gasteiger partial charge on any atom is 0.306 e. The molecule has 1 unspecified atom stereocenters. The molecule has 0 aromatic carbocycles. The van der Waals surface area contributed by atoms with Crippen molar-refractivity contribution in [3.63, 3.8) is 0 Å². The van der Waals surface area contributed by atoms with Crippen LogP contribution in [0.4, 0.5) is 0 Å². The fourth-order valence-corrected chi connectivity index (χ4v) is 2.46. The van der Waals surface area contributed by atoms with Crippen LogP contribution in [0.3, 0.4) is 0 Å². The number of hydrogen-bond donors (Lipinski definition) is 0. The average Bonchev–Trinajstić information content (AvgIpc) is 2.55. The molecule has 126 valence electrons. The van der Waals surface area contributed by atoms with E-state index in [-0.39, 0.29) is 24.8 Å². The van der Waals surface area contributed by atoms with Crippen LogP contribution in [0.1, 0.15) is 71.1 Å². The number of esters is 2. The zero-order chi connectivity index (χ0) is 16.0. The maximum absolute atomic E-state index is 11.6. The lowest BCUT2D eigenvalue weighted by Gasteiger charge is -2.15. The Hall–Kier alpha value is -1.32. The lowest BCUT2D eigenvalue weighted by atomic mass is 9.97. The Morgan fingerprint density at radius 1 is 1.05 bits per heavy atom. The van der Waals surface area contributed by atoms with Crippen LogP contribution in [0.5, 0.6) is 0 Å². The second-order valence-electron chi connectivity index (χ2n) is 5.94. The molecule has 0 aliphatic heterocycles. The van der Waals surface area contributed by atoms with E-state index in [4.69, 9.17) is 9.47 Å². The number of carbonyl (C=O) groups is 2. The quantitative estimate of drug-likeness (QED) is 0.326. The molecule has 0 saturated carbocycles. The molecule has 0 saturated heterocycles. The van der Waals surface area contributed by atoms with Crippen molar-refractivity contribution in [2.75, 3.05) is 13.2 Å². The van der Waals surface area contributed by atoms with Crippen molar-refractivity contribution in [3.05, 3.63) is 12.2 Å². The van der Waals surface area contributed by atoms with Gasteiger partial charge in [-0.2, -0.15) is 0 Å². The molecule has 0 amide bonds. The summed E-state index contributed by atoms with van der Waals surface area (Å²) in [5, 5.41) is 0. The van der Waals surface area contributed by atoms with Crippen LogP contribution in [-0.4, -0.2) is 25.2 Å². The van der Waals surface area contributed by atoms with Crippen molar-refractivity contribution in [1.82, 2.24) is 0 Å². The Morgan fingerprint density at radius 2 is 1.77 bits per heavy atom. The van der Waals surface area contributed by atoms with Gasteiger partial charge in [0.25, 0.3) is 0 Å². The van der Waals surface area contributed by atoms with Crippen LogP contribution in [0, 0.1) is 5.92 Å². The molecule has 22 heavy (non-hydrogen) atoms. The van der Waals surface area contributed by atoms with Gasteiger partial charge < -0.3 is 9.47 Å². The Labute approximate surface area is 134 Å². The number of hydrogen-bond acceptors (Lipinski definition) is 4. The van der Waals surface area contributed by atoms with Crippen LogP contribution in [0.2, 0.25) is 0 Å². The predicted octanol–water partition coefficient (Wildman–Crippen LogP) is 4.18. The Kier molecular flexibility index (Phi) is 10.4. The van der Waals surface area contributed by atoms with Crippen LogP contribution in [0.25, 0.3) is 0 Å². The van der Waals surface area contributed by atoms with Crippen molar-refractivity contribution < 1.29 is 19.1 Å². The van der Waals surface area contributed by atoms with E-state index in [1.807, 2.05) is 0 Å². The van der Waals surface area contributed by atoms with Gasteiger partial charge in [-0.3, -0.25) is 9.59 Å². The highest BCUT2D eigenvalue weighted by atomic mass is 16.5. The first-order valence-corrected chi connectivity index (χ1v) is 8.70. The van der Waals surface area contributed by atoms with E-state index < -0.39 is 0 Å². The van der Waals surface area contributed by atoms with Gasteiger partial charge in [0.15, 0.2) is 0 Å². The minimum atomic E-state index is -0.307. The van der Waals surface area contributed by atoms with E-state index in [0.29, 0.717) is 19.1 Å². The first kappa shape index (κ1) is 18.7. The highest BCUT2D eigenvalue weighted by molar-refractivity contribution is 5.77. The molecule has 4 heteroatoms. The van der Waals surface area contributed by atoms with Gasteiger partial charge in [-0.05, 0) is 25.7 Å². The number of carbonyl (C=O) groups excluding carboxylic acids is 2. The van der Waals surface area contributed by atoms with E-state index in [1.165, 1.54) is 19.3 Å². The fourth-order valence-electron chi connectivity index (χ4n) is 2.46. The zero-order valence-electron chi connectivity index (χ0n) is 13.9. The monoisotopic (exact) mass is 310 g/mol. The van der Waals surface area contributed by atoms with E-state index in [9.17, 15) is 9.59 Å². The van der Waals surface area contributed by atoms with Crippen molar-refractivity contribution in [1.29, 1.82) is 0 Å². The molecule has 1 atom stereocenters. The number of allylic oxidation sites excluding steroid dienone is 1. The van der Waals surface area contributed by atoms with Gasteiger partial charge >= 0.3 is 11.9 Å². The third kappa shape index (κ3) is 9.59. The van der Waals surface area contributed by atoms with E-state index in [0.717, 1.165) is 32.1 Å². The zero-order valence-corrected chi connectivity index (χ0v) is 13.9. The number of ether oxygens (including phenoxy) is 2. The molecule has 0 aromatic rings. The molecule has 0 spiro atoms. The van der Waals surface area contributed by atoms with Crippen molar-refractivity contribution in [2.45, 2.75) is 71.1 Å². The highest BCUT2D eigenvalue weighted by Gasteiger charge is 2.13. The molecule has 0 N–H and O–H groups in total. The fraction of sp³-hybridized carbons (Fsp3) is 0.778. The lowest BCUT2D eigenvalue weighted by molar-refractivity contribution is -0.151. The van der Waals surface area contributed by atoms with E-state index >= 15 is 0 Å². The minimum absolute atomic E-state index is 0.116. The normalized spacial score (nSPS) is 17.2. The third-order valence-electron chi connectivity index (χ3n) is 3.86. The van der Waals surface area contributed by atoms with Crippen molar-refractivity contribution in [3.8, 4) is 0 Å². The predicted molar refractivity (Wildman–Crippen MR) is 86.4 cm³/mol. The second-order valence-corrected chi connectivity index (χ2v) is 5.94. The topological polar surface area (TPSA) is 52.6 Å². The van der Waals surface area contributed by atoms with Gasteiger partial charge in [0.1, 0.15) is 0 Å². The first-order chi connectivity index (χ1) is 10.7. The molecular weight excluding hydrogens is 280 g/mol. The van der Waals surface area contributed by atoms with E-state index in [2.05, 4.69) is 19.1 Å². The summed E-state index contributed by atoms with van der Waals surface area (Å²) in [5.74, 6) is -0.267. The smallest absolute Gasteiger partial charge is 0.306 e. The molecule has 0 heterocycles. The van der Waals surface area contributed by atoms with Gasteiger partial charge in [-0.25, -0.2) is 0 Å². The molecule has 4 nitrogen and oxygen atoms in total. The molecule has 1 rings (SSSR count). The van der Waals surface area contributed by atoms with Crippen molar-refractivity contribution >= 4 is 11.9 Å². The summed E-state index contributed by atoms with van der Waals surface area (Å²) in [7, 11) is 0. The van der Waals surface area contributed by atoms with Gasteiger partial charge in [0.05, 0.1) is 26.1 Å². The van der Waals surface area contributed by atoms with Crippen molar-refractivity contribution in [2.24, 2.45) is 5.92 Å². The van der Waals surface area contributed by atoms with Gasteiger partial charge in [0.2, 0.25) is 0 Å². The summed E-state index contributed by atoms with van der Waals surface area (Å²) in [6, 6.07) is 0. The summed E-state index contributed by atoms with van der Waals surface area (Å²) in [5.41, 5.74) is 0. The SMILES string of the molecule is CCCCCCCOC(=O)CCC(=O)OCC1C=CCCC1. The maximum atomic E-state index is 11.6. The molecule has 1 aliphatic rings.